The zero-order valence-electron chi connectivity index (χ0n) is 12.5. The third-order valence-corrected chi connectivity index (χ3v) is 3.56. The highest BCUT2D eigenvalue weighted by atomic mass is 16.4. The summed E-state index contributed by atoms with van der Waals surface area (Å²) >= 11 is 0. The number of carboxylic acid groups (broad SMARTS) is 1. The van der Waals surface area contributed by atoms with Gasteiger partial charge in [-0.3, -0.25) is 0 Å². The van der Waals surface area contributed by atoms with Gasteiger partial charge in [-0.1, -0.05) is 30.3 Å². The molecule has 0 saturated carbocycles. The van der Waals surface area contributed by atoms with E-state index in [1.54, 1.807) is 6.92 Å². The maximum atomic E-state index is 11.8. The standard InChI is InChI=1S/C17H20N2O2/c1-17(16(20)21,18-14-7-5-4-6-8-14)13-9-11-15(12-10-13)19(2)3/h4-12,18H,1-3H3,(H,20,21). The topological polar surface area (TPSA) is 52.6 Å². The van der Waals surface area contributed by atoms with Gasteiger partial charge in [-0.25, -0.2) is 4.79 Å². The van der Waals surface area contributed by atoms with Gasteiger partial charge in [0.15, 0.2) is 5.54 Å². The van der Waals surface area contributed by atoms with Crippen molar-refractivity contribution in [3.05, 3.63) is 60.2 Å². The highest BCUT2D eigenvalue weighted by Crippen LogP contribution is 2.28. The van der Waals surface area contributed by atoms with Crippen LogP contribution in [0.1, 0.15) is 12.5 Å². The molecule has 1 unspecified atom stereocenters. The number of anilines is 2. The summed E-state index contributed by atoms with van der Waals surface area (Å²) in [7, 11) is 3.90. The number of benzene rings is 2. The van der Waals surface area contributed by atoms with Crippen molar-refractivity contribution in [2.45, 2.75) is 12.5 Å². The average molecular weight is 284 g/mol. The minimum absolute atomic E-state index is 0.712. The molecule has 21 heavy (non-hydrogen) atoms. The Bertz CT molecular complexity index is 608. The Morgan fingerprint density at radius 3 is 2.10 bits per heavy atom. The minimum atomic E-state index is -1.17. The highest BCUT2D eigenvalue weighted by molar-refractivity contribution is 5.84. The Hall–Kier alpha value is -2.49. The van der Waals surface area contributed by atoms with Gasteiger partial charge in [0.2, 0.25) is 0 Å². The first-order valence-corrected chi connectivity index (χ1v) is 6.78. The van der Waals surface area contributed by atoms with E-state index in [2.05, 4.69) is 5.32 Å². The summed E-state index contributed by atoms with van der Waals surface area (Å²) in [5, 5.41) is 12.8. The predicted molar refractivity (Wildman–Crippen MR) is 85.8 cm³/mol. The summed E-state index contributed by atoms with van der Waals surface area (Å²) in [6.07, 6.45) is 0. The molecule has 4 heteroatoms. The van der Waals surface area contributed by atoms with Gasteiger partial charge in [-0.05, 0) is 36.8 Å². The van der Waals surface area contributed by atoms with Crippen LogP contribution in [0.4, 0.5) is 11.4 Å². The number of carboxylic acids is 1. The summed E-state index contributed by atoms with van der Waals surface area (Å²) < 4.78 is 0. The molecule has 2 N–H and O–H groups in total. The lowest BCUT2D eigenvalue weighted by Crippen LogP contribution is -2.40. The number of nitrogens with zero attached hydrogens (tertiary/aromatic N) is 1. The minimum Gasteiger partial charge on any atom is -0.479 e. The van der Waals surface area contributed by atoms with E-state index >= 15 is 0 Å². The Morgan fingerprint density at radius 2 is 1.62 bits per heavy atom. The fourth-order valence-electron chi connectivity index (χ4n) is 2.15. The van der Waals surface area contributed by atoms with E-state index < -0.39 is 11.5 Å². The van der Waals surface area contributed by atoms with Crippen molar-refractivity contribution in [3.8, 4) is 0 Å². The lowest BCUT2D eigenvalue weighted by atomic mass is 9.91. The fourth-order valence-corrected chi connectivity index (χ4v) is 2.15. The SMILES string of the molecule is CN(C)c1ccc(C(C)(Nc2ccccc2)C(=O)O)cc1. The van der Waals surface area contributed by atoms with Crippen molar-refractivity contribution in [1.29, 1.82) is 0 Å². The van der Waals surface area contributed by atoms with E-state index in [0.29, 0.717) is 5.56 Å². The van der Waals surface area contributed by atoms with Crippen LogP contribution in [0.2, 0.25) is 0 Å². The zero-order valence-corrected chi connectivity index (χ0v) is 12.5. The van der Waals surface area contributed by atoms with Crippen LogP contribution in [-0.4, -0.2) is 25.2 Å². The first-order valence-electron chi connectivity index (χ1n) is 6.78. The molecule has 0 aliphatic heterocycles. The molecule has 0 aliphatic carbocycles. The number of hydrogen-bond donors (Lipinski definition) is 2. The molecule has 2 aromatic carbocycles. The smallest absolute Gasteiger partial charge is 0.333 e. The molecule has 0 aliphatic rings. The first-order chi connectivity index (χ1) is 9.93. The predicted octanol–water partition coefficient (Wildman–Crippen LogP) is 3.16. The molecule has 4 nitrogen and oxygen atoms in total. The summed E-state index contributed by atoms with van der Waals surface area (Å²) in [5.74, 6) is -0.913. The van der Waals surface area contributed by atoms with E-state index in [4.69, 9.17) is 0 Å². The molecule has 0 saturated heterocycles. The number of hydrogen-bond acceptors (Lipinski definition) is 3. The molecule has 2 rings (SSSR count). The molecule has 2 aromatic rings. The van der Waals surface area contributed by atoms with Gasteiger partial charge in [0.05, 0.1) is 0 Å². The van der Waals surface area contributed by atoms with Crippen LogP contribution in [0, 0.1) is 0 Å². The summed E-state index contributed by atoms with van der Waals surface area (Å²) in [5.41, 5.74) is 1.35. The van der Waals surface area contributed by atoms with Gasteiger partial charge in [-0.2, -0.15) is 0 Å². The van der Waals surface area contributed by atoms with E-state index in [0.717, 1.165) is 11.4 Å². The highest BCUT2D eigenvalue weighted by Gasteiger charge is 2.35. The van der Waals surface area contributed by atoms with Crippen LogP contribution in [0.3, 0.4) is 0 Å². The molecule has 0 bridgehead atoms. The van der Waals surface area contributed by atoms with Gasteiger partial charge in [0.25, 0.3) is 0 Å². The second-order valence-corrected chi connectivity index (χ2v) is 5.36. The number of rotatable bonds is 5. The average Bonchev–Trinajstić information content (AvgIpc) is 2.48. The zero-order chi connectivity index (χ0) is 15.5. The lowest BCUT2D eigenvalue weighted by Gasteiger charge is -2.28. The largest absolute Gasteiger partial charge is 0.479 e. The van der Waals surface area contributed by atoms with Crippen molar-refractivity contribution in [3.63, 3.8) is 0 Å². The Labute approximate surface area is 125 Å². The van der Waals surface area contributed by atoms with E-state index in [1.165, 1.54) is 0 Å². The lowest BCUT2D eigenvalue weighted by molar-refractivity contribution is -0.142. The van der Waals surface area contributed by atoms with Crippen molar-refractivity contribution in [2.24, 2.45) is 0 Å². The molecule has 0 aromatic heterocycles. The van der Waals surface area contributed by atoms with Gasteiger partial charge < -0.3 is 15.3 Å². The maximum absolute atomic E-state index is 11.8. The molecule has 0 fully saturated rings. The molecule has 0 amide bonds. The fraction of sp³-hybridized carbons (Fsp3) is 0.235. The van der Waals surface area contributed by atoms with Gasteiger partial charge >= 0.3 is 5.97 Å². The third kappa shape index (κ3) is 3.16. The molecule has 1 atom stereocenters. The van der Waals surface area contributed by atoms with Crippen LogP contribution in [-0.2, 0) is 10.3 Å². The Balaban J connectivity index is 2.35. The number of carbonyl (C=O) groups is 1. The van der Waals surface area contributed by atoms with Crippen LogP contribution >= 0.6 is 0 Å². The molecule has 0 heterocycles. The molecule has 0 radical (unpaired) electrons. The molecular formula is C17H20N2O2. The monoisotopic (exact) mass is 284 g/mol. The van der Waals surface area contributed by atoms with Gasteiger partial charge in [0, 0.05) is 25.5 Å². The van der Waals surface area contributed by atoms with E-state index in [-0.39, 0.29) is 0 Å². The quantitative estimate of drug-likeness (QED) is 0.885. The Morgan fingerprint density at radius 1 is 1.05 bits per heavy atom. The number of para-hydroxylation sites is 1. The van der Waals surface area contributed by atoms with E-state index in [1.807, 2.05) is 73.6 Å². The Kier molecular flexibility index (Phi) is 4.17. The van der Waals surface area contributed by atoms with Crippen molar-refractivity contribution in [2.75, 3.05) is 24.3 Å². The van der Waals surface area contributed by atoms with Crippen LogP contribution in [0.5, 0.6) is 0 Å². The van der Waals surface area contributed by atoms with Gasteiger partial charge in [0.1, 0.15) is 0 Å². The second kappa shape index (κ2) is 5.87. The van der Waals surface area contributed by atoms with Crippen LogP contribution in [0.25, 0.3) is 0 Å². The number of aliphatic carboxylic acids is 1. The number of nitrogens with one attached hydrogen (secondary N) is 1. The summed E-state index contributed by atoms with van der Waals surface area (Å²) in [6, 6.07) is 16.9. The summed E-state index contributed by atoms with van der Waals surface area (Å²) in [4.78, 5) is 13.8. The normalized spacial score (nSPS) is 13.3. The second-order valence-electron chi connectivity index (χ2n) is 5.36. The third-order valence-electron chi connectivity index (χ3n) is 3.56. The van der Waals surface area contributed by atoms with Crippen molar-refractivity contribution in [1.82, 2.24) is 0 Å². The molecule has 0 spiro atoms. The molecular weight excluding hydrogens is 264 g/mol. The summed E-state index contributed by atoms with van der Waals surface area (Å²) in [6.45, 7) is 1.67. The van der Waals surface area contributed by atoms with Crippen LogP contribution < -0.4 is 10.2 Å². The van der Waals surface area contributed by atoms with Crippen molar-refractivity contribution >= 4 is 17.3 Å². The first kappa shape index (κ1) is 14.9. The van der Waals surface area contributed by atoms with Gasteiger partial charge in [-0.15, -0.1) is 0 Å². The maximum Gasteiger partial charge on any atom is 0.333 e. The molecule has 110 valence electrons. The van der Waals surface area contributed by atoms with Crippen LogP contribution in [0.15, 0.2) is 54.6 Å². The van der Waals surface area contributed by atoms with Crippen molar-refractivity contribution < 1.29 is 9.90 Å². The van der Waals surface area contributed by atoms with E-state index in [9.17, 15) is 9.90 Å².